The Labute approximate surface area is 163 Å². The number of halogens is 1. The minimum Gasteiger partial charge on any atom is -0.387 e. The van der Waals surface area contributed by atoms with Crippen LogP contribution >= 0.6 is 0 Å². The van der Waals surface area contributed by atoms with Crippen molar-refractivity contribution < 1.29 is 14.3 Å². The predicted octanol–water partition coefficient (Wildman–Crippen LogP) is 2.94. The van der Waals surface area contributed by atoms with Crippen molar-refractivity contribution in [1.82, 2.24) is 15.3 Å². The molecule has 0 spiro atoms. The van der Waals surface area contributed by atoms with Crippen molar-refractivity contribution >= 4 is 23.2 Å². The van der Waals surface area contributed by atoms with Crippen LogP contribution in [0, 0.1) is 6.92 Å². The summed E-state index contributed by atoms with van der Waals surface area (Å²) in [5.74, 6) is 0.761. The SMILES string of the molecule is Cc1ccc(Nc2cc(NC3CC3)c(C(=O)NC[C@@H](F)C(C)(C)O)cn2)nc1. The molecule has 1 amide bonds. The number of carbonyl (C=O) groups excluding carboxylic acids is 1. The van der Waals surface area contributed by atoms with Crippen LogP contribution in [-0.4, -0.2) is 45.3 Å². The molecule has 0 saturated heterocycles. The first-order chi connectivity index (χ1) is 13.2. The molecule has 2 aromatic heterocycles. The highest BCUT2D eigenvalue weighted by Gasteiger charge is 2.28. The zero-order valence-electron chi connectivity index (χ0n) is 16.3. The number of hydrogen-bond donors (Lipinski definition) is 4. The summed E-state index contributed by atoms with van der Waals surface area (Å²) < 4.78 is 13.9. The monoisotopic (exact) mass is 387 g/mol. The molecule has 8 heteroatoms. The van der Waals surface area contributed by atoms with Crippen LogP contribution in [-0.2, 0) is 0 Å². The van der Waals surface area contributed by atoms with Crippen LogP contribution in [0.5, 0.6) is 0 Å². The molecule has 0 aromatic carbocycles. The van der Waals surface area contributed by atoms with E-state index < -0.39 is 17.7 Å². The fraction of sp³-hybridized carbons (Fsp3) is 0.450. The number of hydrogen-bond acceptors (Lipinski definition) is 6. The first-order valence-electron chi connectivity index (χ1n) is 9.33. The van der Waals surface area contributed by atoms with Crippen LogP contribution in [0.2, 0.25) is 0 Å². The number of nitrogens with zero attached hydrogens (tertiary/aromatic N) is 2. The van der Waals surface area contributed by atoms with Crippen molar-refractivity contribution in [2.24, 2.45) is 0 Å². The van der Waals surface area contributed by atoms with E-state index in [1.165, 1.54) is 20.0 Å². The minimum absolute atomic E-state index is 0.279. The molecular weight excluding hydrogens is 361 g/mol. The number of aromatic nitrogens is 2. The molecule has 7 nitrogen and oxygen atoms in total. The third-order valence-electron chi connectivity index (χ3n) is 4.46. The molecule has 1 aliphatic carbocycles. The molecule has 0 radical (unpaired) electrons. The van der Waals surface area contributed by atoms with Crippen LogP contribution in [0.15, 0.2) is 30.6 Å². The number of nitrogens with one attached hydrogen (secondary N) is 3. The molecule has 1 fully saturated rings. The second-order valence-corrected chi connectivity index (χ2v) is 7.71. The van der Waals surface area contributed by atoms with Crippen LogP contribution < -0.4 is 16.0 Å². The van der Waals surface area contributed by atoms with Gasteiger partial charge in [-0.25, -0.2) is 14.4 Å². The average Bonchev–Trinajstić information content (AvgIpc) is 3.45. The van der Waals surface area contributed by atoms with Gasteiger partial charge in [-0.1, -0.05) is 6.07 Å². The molecular formula is C20H26FN5O2. The van der Waals surface area contributed by atoms with Crippen molar-refractivity contribution in [2.75, 3.05) is 17.2 Å². The van der Waals surface area contributed by atoms with E-state index in [1.54, 1.807) is 12.3 Å². The summed E-state index contributed by atoms with van der Waals surface area (Å²) in [4.78, 5) is 21.1. The highest BCUT2D eigenvalue weighted by atomic mass is 19.1. The molecule has 4 N–H and O–H groups in total. The Morgan fingerprint density at radius 3 is 2.61 bits per heavy atom. The van der Waals surface area contributed by atoms with Gasteiger partial charge < -0.3 is 21.1 Å². The van der Waals surface area contributed by atoms with Gasteiger partial charge in [0.1, 0.15) is 17.8 Å². The van der Waals surface area contributed by atoms with Crippen molar-refractivity contribution in [3.05, 3.63) is 41.7 Å². The molecule has 28 heavy (non-hydrogen) atoms. The standard InChI is InChI=1S/C20H26FN5O2/c1-12-4-7-17(22-9-12)26-18-8-15(25-13-5-6-13)14(10-23-18)19(27)24-11-16(21)20(2,3)28/h4,7-10,13,16,28H,5-6,11H2,1-3H3,(H,24,27)(H2,22,23,25,26)/t16-/m1/s1. The Bertz CT molecular complexity index is 831. The summed E-state index contributed by atoms with van der Waals surface area (Å²) in [6, 6.07) is 5.86. The molecule has 1 atom stereocenters. The van der Waals surface area contributed by atoms with E-state index in [0.717, 1.165) is 18.4 Å². The van der Waals surface area contributed by atoms with E-state index in [2.05, 4.69) is 25.9 Å². The molecule has 0 bridgehead atoms. The first-order valence-corrected chi connectivity index (χ1v) is 9.33. The van der Waals surface area contributed by atoms with E-state index in [4.69, 9.17) is 0 Å². The lowest BCUT2D eigenvalue weighted by Gasteiger charge is -2.22. The van der Waals surface area contributed by atoms with Crippen LogP contribution in [0.1, 0.15) is 42.6 Å². The maximum absolute atomic E-state index is 13.9. The van der Waals surface area contributed by atoms with E-state index in [-0.39, 0.29) is 6.54 Å². The number of aryl methyl sites for hydroxylation is 1. The molecule has 2 aromatic rings. The molecule has 0 unspecified atom stereocenters. The Hall–Kier alpha value is -2.74. The van der Waals surface area contributed by atoms with Crippen molar-refractivity contribution in [1.29, 1.82) is 0 Å². The number of aliphatic hydroxyl groups is 1. The van der Waals surface area contributed by atoms with Gasteiger partial charge in [0.25, 0.3) is 5.91 Å². The predicted molar refractivity (Wildman–Crippen MR) is 107 cm³/mol. The van der Waals surface area contributed by atoms with Gasteiger partial charge in [0.05, 0.1) is 23.4 Å². The third kappa shape index (κ3) is 5.39. The third-order valence-corrected chi connectivity index (χ3v) is 4.46. The summed E-state index contributed by atoms with van der Waals surface area (Å²) in [5.41, 5.74) is 0.495. The average molecular weight is 387 g/mol. The van der Waals surface area contributed by atoms with E-state index in [0.29, 0.717) is 28.9 Å². The molecule has 1 saturated carbocycles. The number of carbonyl (C=O) groups is 1. The smallest absolute Gasteiger partial charge is 0.255 e. The second kappa shape index (κ2) is 8.10. The molecule has 1 aliphatic rings. The number of pyridine rings is 2. The Morgan fingerprint density at radius 1 is 1.29 bits per heavy atom. The summed E-state index contributed by atoms with van der Waals surface area (Å²) in [5, 5.41) is 18.6. The lowest BCUT2D eigenvalue weighted by atomic mass is 10.0. The second-order valence-electron chi connectivity index (χ2n) is 7.71. The van der Waals surface area contributed by atoms with Gasteiger partial charge in [-0.2, -0.15) is 0 Å². The highest BCUT2D eigenvalue weighted by Crippen LogP contribution is 2.28. The maximum atomic E-state index is 13.9. The summed E-state index contributed by atoms with van der Waals surface area (Å²) >= 11 is 0. The van der Waals surface area contributed by atoms with Crippen LogP contribution in [0.3, 0.4) is 0 Å². The lowest BCUT2D eigenvalue weighted by Crippen LogP contribution is -2.42. The summed E-state index contributed by atoms with van der Waals surface area (Å²) in [6.07, 6.45) is 3.71. The normalized spacial score (nSPS) is 15.0. The number of anilines is 3. The summed E-state index contributed by atoms with van der Waals surface area (Å²) in [7, 11) is 0. The lowest BCUT2D eigenvalue weighted by molar-refractivity contribution is -0.00177. The van der Waals surface area contributed by atoms with Gasteiger partial charge in [0, 0.05) is 24.5 Å². The molecule has 150 valence electrons. The van der Waals surface area contributed by atoms with Gasteiger partial charge in [-0.3, -0.25) is 4.79 Å². The quantitative estimate of drug-likeness (QED) is 0.556. The Morgan fingerprint density at radius 2 is 2.00 bits per heavy atom. The van der Waals surface area contributed by atoms with Gasteiger partial charge in [0.2, 0.25) is 0 Å². The molecule has 0 aliphatic heterocycles. The van der Waals surface area contributed by atoms with E-state index >= 15 is 0 Å². The fourth-order valence-electron chi connectivity index (χ4n) is 2.47. The van der Waals surface area contributed by atoms with E-state index in [9.17, 15) is 14.3 Å². The largest absolute Gasteiger partial charge is 0.387 e. The van der Waals surface area contributed by atoms with Crippen LogP contribution in [0.4, 0.5) is 21.7 Å². The van der Waals surface area contributed by atoms with Crippen molar-refractivity contribution in [3.8, 4) is 0 Å². The Balaban J connectivity index is 1.74. The van der Waals surface area contributed by atoms with E-state index in [1.807, 2.05) is 19.1 Å². The summed E-state index contributed by atoms with van der Waals surface area (Å²) in [6.45, 7) is 4.41. The van der Waals surface area contributed by atoms with Crippen molar-refractivity contribution in [3.63, 3.8) is 0 Å². The minimum atomic E-state index is -1.57. The number of rotatable bonds is 8. The van der Waals surface area contributed by atoms with Gasteiger partial charge in [0.15, 0.2) is 0 Å². The first kappa shape index (κ1) is 20.0. The highest BCUT2D eigenvalue weighted by molar-refractivity contribution is 6.00. The molecule has 3 rings (SSSR count). The maximum Gasteiger partial charge on any atom is 0.255 e. The number of amides is 1. The van der Waals surface area contributed by atoms with Gasteiger partial charge in [-0.05, 0) is 45.2 Å². The molecule has 2 heterocycles. The zero-order valence-corrected chi connectivity index (χ0v) is 16.3. The number of alkyl halides is 1. The fourth-order valence-corrected chi connectivity index (χ4v) is 2.47. The van der Waals surface area contributed by atoms with Gasteiger partial charge in [-0.15, -0.1) is 0 Å². The van der Waals surface area contributed by atoms with Crippen molar-refractivity contribution in [2.45, 2.75) is 51.4 Å². The van der Waals surface area contributed by atoms with Gasteiger partial charge >= 0.3 is 0 Å². The van der Waals surface area contributed by atoms with Crippen LogP contribution in [0.25, 0.3) is 0 Å². The zero-order chi connectivity index (χ0) is 20.3. The topological polar surface area (TPSA) is 99.2 Å². The Kier molecular flexibility index (Phi) is 5.79.